The van der Waals surface area contributed by atoms with Crippen molar-refractivity contribution in [2.75, 3.05) is 0 Å². The van der Waals surface area contributed by atoms with Gasteiger partial charge in [0.05, 0.1) is 0 Å². The number of benzene rings is 3. The summed E-state index contributed by atoms with van der Waals surface area (Å²) in [7, 11) is 0. The van der Waals surface area contributed by atoms with E-state index in [-0.39, 0.29) is 5.82 Å². The van der Waals surface area contributed by atoms with Crippen LogP contribution < -0.4 is 0 Å². The number of rotatable bonds is 3. The number of halogens is 1. The maximum absolute atomic E-state index is 14.7. The van der Waals surface area contributed by atoms with Crippen LogP contribution >= 0.6 is 0 Å². The fourth-order valence-electron chi connectivity index (χ4n) is 3.50. The van der Waals surface area contributed by atoms with E-state index in [0.717, 1.165) is 22.3 Å². The molecule has 134 valence electrons. The summed E-state index contributed by atoms with van der Waals surface area (Å²) in [5.41, 5.74) is 5.50. The first-order valence-electron chi connectivity index (χ1n) is 8.94. The molecule has 4 aromatic rings. The highest BCUT2D eigenvalue weighted by molar-refractivity contribution is 5.82. The molecular formula is C24H20FNO. The van der Waals surface area contributed by atoms with Crippen molar-refractivity contribution in [3.05, 3.63) is 89.2 Å². The van der Waals surface area contributed by atoms with Crippen LogP contribution in [0.2, 0.25) is 0 Å². The predicted molar refractivity (Wildman–Crippen MR) is 107 cm³/mol. The van der Waals surface area contributed by atoms with Crippen LogP contribution in [0.4, 0.5) is 4.39 Å². The number of aryl methyl sites for hydroxylation is 2. The third-order valence-electron chi connectivity index (χ3n) is 4.80. The molecular weight excluding hydrogens is 337 g/mol. The lowest BCUT2D eigenvalue weighted by Gasteiger charge is -2.12. The first kappa shape index (κ1) is 17.2. The molecule has 0 bridgehead atoms. The van der Waals surface area contributed by atoms with Gasteiger partial charge in [0.2, 0.25) is 5.89 Å². The maximum Gasteiger partial charge on any atom is 0.227 e. The minimum atomic E-state index is -0.195. The molecule has 0 unspecified atom stereocenters. The fraction of sp³-hybridized carbons (Fsp3) is 0.125. The van der Waals surface area contributed by atoms with Gasteiger partial charge in [0.25, 0.3) is 0 Å². The van der Waals surface area contributed by atoms with E-state index in [1.165, 1.54) is 0 Å². The molecule has 0 saturated heterocycles. The topological polar surface area (TPSA) is 26.0 Å². The van der Waals surface area contributed by atoms with Gasteiger partial charge in [-0.05, 0) is 49.6 Å². The van der Waals surface area contributed by atoms with E-state index in [1.54, 1.807) is 13.8 Å². The Morgan fingerprint density at radius 1 is 0.778 bits per heavy atom. The molecule has 3 aromatic carbocycles. The van der Waals surface area contributed by atoms with E-state index in [1.807, 2.05) is 73.7 Å². The van der Waals surface area contributed by atoms with Gasteiger partial charge >= 0.3 is 0 Å². The lowest BCUT2D eigenvalue weighted by Crippen LogP contribution is -1.97. The summed E-state index contributed by atoms with van der Waals surface area (Å²) in [5, 5.41) is 0. The molecule has 0 saturated carbocycles. The van der Waals surface area contributed by atoms with E-state index >= 15 is 0 Å². The quantitative estimate of drug-likeness (QED) is 0.406. The van der Waals surface area contributed by atoms with E-state index in [0.29, 0.717) is 28.5 Å². The van der Waals surface area contributed by atoms with Crippen LogP contribution in [0.3, 0.4) is 0 Å². The van der Waals surface area contributed by atoms with Gasteiger partial charge in [-0.25, -0.2) is 9.37 Å². The second kappa shape index (κ2) is 6.84. The normalized spacial score (nSPS) is 11.0. The molecule has 0 amide bonds. The summed E-state index contributed by atoms with van der Waals surface area (Å²) in [4.78, 5) is 4.79. The van der Waals surface area contributed by atoms with E-state index in [4.69, 9.17) is 9.40 Å². The molecule has 1 heterocycles. The lowest BCUT2D eigenvalue weighted by atomic mass is 9.94. The fourth-order valence-corrected chi connectivity index (χ4v) is 3.50. The second-order valence-corrected chi connectivity index (χ2v) is 6.75. The van der Waals surface area contributed by atoms with Gasteiger partial charge < -0.3 is 4.42 Å². The highest BCUT2D eigenvalue weighted by atomic mass is 19.1. The van der Waals surface area contributed by atoms with Gasteiger partial charge in [-0.2, -0.15) is 0 Å². The Hall–Kier alpha value is -3.20. The molecule has 0 aliphatic carbocycles. The molecule has 0 aliphatic heterocycles. The lowest BCUT2D eigenvalue weighted by molar-refractivity contribution is 0.589. The van der Waals surface area contributed by atoms with Gasteiger partial charge in [0.1, 0.15) is 11.5 Å². The Morgan fingerprint density at radius 3 is 2.00 bits per heavy atom. The molecule has 0 N–H and O–H groups in total. The van der Waals surface area contributed by atoms with Crippen molar-refractivity contribution < 1.29 is 8.81 Å². The summed E-state index contributed by atoms with van der Waals surface area (Å²) >= 11 is 0. The zero-order valence-electron chi connectivity index (χ0n) is 15.6. The van der Waals surface area contributed by atoms with Crippen LogP contribution in [0, 0.1) is 26.6 Å². The van der Waals surface area contributed by atoms with E-state index < -0.39 is 0 Å². The van der Waals surface area contributed by atoms with Gasteiger partial charge in [-0.15, -0.1) is 0 Å². The smallest absolute Gasteiger partial charge is 0.227 e. The average Bonchev–Trinajstić information content (AvgIpc) is 3.12. The summed E-state index contributed by atoms with van der Waals surface area (Å²) < 4.78 is 20.9. The Morgan fingerprint density at radius 2 is 1.37 bits per heavy atom. The Balaban J connectivity index is 2.01. The Bertz CT molecular complexity index is 1100. The second-order valence-electron chi connectivity index (χ2n) is 6.75. The van der Waals surface area contributed by atoms with Crippen LogP contribution in [0.1, 0.15) is 16.7 Å². The Kier molecular flexibility index (Phi) is 4.36. The molecule has 2 nitrogen and oxygen atoms in total. The van der Waals surface area contributed by atoms with Crippen LogP contribution in [0.15, 0.2) is 71.1 Å². The SMILES string of the molecule is Cc1cc(C)c(-c2nc(-c3ccccc3)oc2-c2ccccc2)c(C)c1F. The molecule has 0 atom stereocenters. The first-order chi connectivity index (χ1) is 13.1. The monoisotopic (exact) mass is 357 g/mol. The number of hydrogen-bond donors (Lipinski definition) is 0. The molecule has 0 radical (unpaired) electrons. The molecule has 0 aliphatic rings. The van der Waals surface area contributed by atoms with E-state index in [9.17, 15) is 4.39 Å². The maximum atomic E-state index is 14.7. The van der Waals surface area contributed by atoms with Crippen molar-refractivity contribution in [1.29, 1.82) is 0 Å². The van der Waals surface area contributed by atoms with Crippen LogP contribution in [-0.4, -0.2) is 4.98 Å². The zero-order valence-corrected chi connectivity index (χ0v) is 15.6. The standard InChI is InChI=1S/C24H20FNO/c1-15-14-16(2)21(25)17(3)20(15)22-23(18-10-6-4-7-11-18)27-24(26-22)19-12-8-5-9-13-19/h4-14H,1-3H3. The summed E-state index contributed by atoms with van der Waals surface area (Å²) in [5.74, 6) is 0.993. The van der Waals surface area contributed by atoms with Crippen molar-refractivity contribution in [1.82, 2.24) is 4.98 Å². The van der Waals surface area contributed by atoms with Crippen LogP contribution in [0.5, 0.6) is 0 Å². The largest absolute Gasteiger partial charge is 0.435 e. The molecule has 4 rings (SSSR count). The minimum Gasteiger partial charge on any atom is -0.435 e. The molecule has 1 aromatic heterocycles. The summed E-state index contributed by atoms with van der Waals surface area (Å²) in [6.07, 6.45) is 0. The summed E-state index contributed by atoms with van der Waals surface area (Å²) in [6.45, 7) is 5.58. The van der Waals surface area contributed by atoms with Crippen molar-refractivity contribution in [2.45, 2.75) is 20.8 Å². The van der Waals surface area contributed by atoms with Crippen LogP contribution in [0.25, 0.3) is 34.0 Å². The summed E-state index contributed by atoms with van der Waals surface area (Å²) in [6, 6.07) is 21.5. The first-order valence-corrected chi connectivity index (χ1v) is 8.94. The van der Waals surface area contributed by atoms with Gasteiger partial charge in [-0.3, -0.25) is 0 Å². The molecule has 0 spiro atoms. The molecule has 27 heavy (non-hydrogen) atoms. The third kappa shape index (κ3) is 3.06. The molecule has 3 heteroatoms. The Labute approximate surface area is 158 Å². The van der Waals surface area contributed by atoms with Crippen molar-refractivity contribution >= 4 is 0 Å². The van der Waals surface area contributed by atoms with Crippen molar-refractivity contribution in [3.8, 4) is 34.0 Å². The van der Waals surface area contributed by atoms with E-state index in [2.05, 4.69) is 0 Å². The number of oxazole rings is 1. The number of aromatic nitrogens is 1. The average molecular weight is 357 g/mol. The highest BCUT2D eigenvalue weighted by Gasteiger charge is 2.22. The highest BCUT2D eigenvalue weighted by Crippen LogP contribution is 2.39. The predicted octanol–water partition coefficient (Wildman–Crippen LogP) is 6.74. The van der Waals surface area contributed by atoms with Gasteiger partial charge in [0.15, 0.2) is 5.76 Å². The number of hydrogen-bond acceptors (Lipinski definition) is 2. The minimum absolute atomic E-state index is 0.195. The molecule has 0 fully saturated rings. The van der Waals surface area contributed by atoms with Gasteiger partial charge in [0, 0.05) is 16.7 Å². The zero-order chi connectivity index (χ0) is 19.0. The number of nitrogens with zero attached hydrogens (tertiary/aromatic N) is 1. The van der Waals surface area contributed by atoms with Crippen molar-refractivity contribution in [2.24, 2.45) is 0 Å². The third-order valence-corrected chi connectivity index (χ3v) is 4.80. The van der Waals surface area contributed by atoms with Gasteiger partial charge in [-0.1, -0.05) is 54.6 Å². The van der Waals surface area contributed by atoms with Crippen LogP contribution in [-0.2, 0) is 0 Å². The van der Waals surface area contributed by atoms with Crippen molar-refractivity contribution in [3.63, 3.8) is 0 Å².